The maximum absolute atomic E-state index is 13.1. The summed E-state index contributed by atoms with van der Waals surface area (Å²) in [5.41, 5.74) is -0.170. The summed E-state index contributed by atoms with van der Waals surface area (Å²) < 4.78 is 76.8. The quantitative estimate of drug-likeness (QED) is 0.348. The highest BCUT2D eigenvalue weighted by atomic mass is 35.5. The fraction of sp³-hybridized carbons (Fsp3) is 0.368. The van der Waals surface area contributed by atoms with Gasteiger partial charge in [0.25, 0.3) is 0 Å². The fourth-order valence-corrected chi connectivity index (χ4v) is 4.14. The highest BCUT2D eigenvalue weighted by molar-refractivity contribution is 7.84. The molecule has 4 unspecified atom stereocenters. The van der Waals surface area contributed by atoms with E-state index in [1.807, 2.05) is 0 Å². The third-order valence-corrected chi connectivity index (χ3v) is 6.04. The Morgan fingerprint density at radius 2 is 1.97 bits per heavy atom. The van der Waals surface area contributed by atoms with Crippen molar-refractivity contribution in [2.24, 2.45) is 5.14 Å². The number of hydrogen-bond donors (Lipinski definition) is 4. The van der Waals surface area contributed by atoms with E-state index in [1.54, 1.807) is 0 Å². The van der Waals surface area contributed by atoms with Crippen molar-refractivity contribution < 1.29 is 45.1 Å². The van der Waals surface area contributed by atoms with Crippen molar-refractivity contribution in [1.82, 2.24) is 9.97 Å². The molecule has 1 aliphatic rings. The Balaban J connectivity index is 1.54. The van der Waals surface area contributed by atoms with Crippen LogP contribution in [0.4, 0.5) is 19.0 Å². The number of benzene rings is 1. The van der Waals surface area contributed by atoms with Crippen LogP contribution >= 0.6 is 11.6 Å². The highest BCUT2D eigenvalue weighted by Crippen LogP contribution is 2.39. The Hall–Kier alpha value is -2.53. The number of ether oxygens (including phenoxy) is 1. The molecule has 190 valence electrons. The van der Waals surface area contributed by atoms with E-state index in [1.165, 1.54) is 12.3 Å². The largest absolute Gasteiger partial charge is 0.458 e. The minimum absolute atomic E-state index is 0.0589. The summed E-state index contributed by atoms with van der Waals surface area (Å²) in [7, 11) is -4.30. The average Bonchev–Trinajstić information content (AvgIpc) is 3.32. The van der Waals surface area contributed by atoms with Crippen LogP contribution in [-0.4, -0.2) is 53.5 Å². The number of alkyl halides is 3. The number of fused-ring (bicyclic) bond motifs is 1. The number of nitrogens with two attached hydrogens (primary N) is 1. The minimum atomic E-state index is -4.62. The van der Waals surface area contributed by atoms with Crippen LogP contribution in [0.5, 0.6) is 0 Å². The zero-order valence-corrected chi connectivity index (χ0v) is 19.0. The van der Waals surface area contributed by atoms with Crippen LogP contribution in [0.3, 0.4) is 0 Å². The SMILES string of the molecule is NS(=O)(=O)OCC1OC(c2coc3c(NCc4ccc(Cl)c(C(F)(F)F)c4)ncnc23)C(O)C1O. The van der Waals surface area contributed by atoms with Crippen molar-refractivity contribution in [3.8, 4) is 0 Å². The molecular formula is C19H18ClF3N4O7S. The third kappa shape index (κ3) is 5.50. The normalized spacial score (nSPS) is 23.2. The molecule has 4 atom stereocenters. The molecule has 0 amide bonds. The highest BCUT2D eigenvalue weighted by Gasteiger charge is 2.45. The molecule has 1 fully saturated rings. The zero-order valence-electron chi connectivity index (χ0n) is 17.4. The molecule has 5 N–H and O–H groups in total. The zero-order chi connectivity index (χ0) is 25.5. The molecule has 35 heavy (non-hydrogen) atoms. The summed E-state index contributed by atoms with van der Waals surface area (Å²) >= 11 is 5.65. The van der Waals surface area contributed by atoms with Crippen molar-refractivity contribution in [3.05, 3.63) is 52.5 Å². The van der Waals surface area contributed by atoms with E-state index in [9.17, 15) is 31.8 Å². The number of aliphatic hydroxyl groups is 2. The topological polar surface area (TPSA) is 170 Å². The van der Waals surface area contributed by atoms with Crippen LogP contribution in [0.15, 0.2) is 35.2 Å². The number of rotatable bonds is 7. The molecule has 1 aliphatic heterocycles. The first-order valence-electron chi connectivity index (χ1n) is 9.85. The number of furan rings is 1. The molecule has 2 aromatic heterocycles. The molecule has 4 rings (SSSR count). The number of nitrogens with one attached hydrogen (secondary N) is 1. The van der Waals surface area contributed by atoms with E-state index in [0.29, 0.717) is 0 Å². The number of hydrogen-bond acceptors (Lipinski definition) is 10. The molecule has 0 bridgehead atoms. The number of aliphatic hydroxyl groups excluding tert-OH is 2. The lowest BCUT2D eigenvalue weighted by Crippen LogP contribution is -2.34. The standard InChI is InChI=1S/C19H18ClF3N4O7S/c20-11-2-1-8(3-10(11)19(21,22)23)4-25-18-17-13(26-7-27-18)9(5-32-17)16-15(29)14(28)12(34-16)6-33-35(24,30)31/h1-3,5,7,12,14-16,28-29H,4,6H2,(H2,24,30,31)(H,25,26,27). The first-order chi connectivity index (χ1) is 16.3. The van der Waals surface area contributed by atoms with Gasteiger partial charge in [-0.2, -0.15) is 21.6 Å². The van der Waals surface area contributed by atoms with Gasteiger partial charge >= 0.3 is 16.5 Å². The summed E-state index contributed by atoms with van der Waals surface area (Å²) in [4.78, 5) is 8.14. The van der Waals surface area contributed by atoms with Crippen molar-refractivity contribution in [2.45, 2.75) is 37.1 Å². The van der Waals surface area contributed by atoms with E-state index in [-0.39, 0.29) is 34.6 Å². The monoisotopic (exact) mass is 538 g/mol. The first-order valence-corrected chi connectivity index (χ1v) is 11.7. The lowest BCUT2D eigenvalue weighted by molar-refractivity contribution is -0.137. The summed E-state index contributed by atoms with van der Waals surface area (Å²) in [5, 5.41) is 27.8. The Morgan fingerprint density at radius 3 is 2.66 bits per heavy atom. The van der Waals surface area contributed by atoms with E-state index in [2.05, 4.69) is 19.5 Å². The lowest BCUT2D eigenvalue weighted by Gasteiger charge is -2.13. The Labute approximate surface area is 200 Å². The molecule has 0 saturated carbocycles. The van der Waals surface area contributed by atoms with Crippen LogP contribution in [0, 0.1) is 0 Å². The summed E-state index contributed by atoms with van der Waals surface area (Å²) in [5.74, 6) is 0.145. The van der Waals surface area contributed by atoms with Gasteiger partial charge in [-0.15, -0.1) is 0 Å². The Morgan fingerprint density at radius 1 is 1.23 bits per heavy atom. The minimum Gasteiger partial charge on any atom is -0.458 e. The van der Waals surface area contributed by atoms with Gasteiger partial charge in [0.2, 0.25) is 0 Å². The number of aromatic nitrogens is 2. The molecule has 1 saturated heterocycles. The molecule has 0 aliphatic carbocycles. The second-order valence-corrected chi connectivity index (χ2v) is 9.24. The molecule has 0 spiro atoms. The molecule has 16 heteroatoms. The summed E-state index contributed by atoms with van der Waals surface area (Å²) in [6.45, 7) is -0.692. The molecule has 1 aromatic carbocycles. The van der Waals surface area contributed by atoms with E-state index in [0.717, 1.165) is 18.5 Å². The molecule has 3 aromatic rings. The van der Waals surface area contributed by atoms with Crippen molar-refractivity contribution >= 4 is 38.8 Å². The van der Waals surface area contributed by atoms with Crippen LogP contribution in [0.2, 0.25) is 5.02 Å². The van der Waals surface area contributed by atoms with E-state index >= 15 is 0 Å². The molecule has 0 radical (unpaired) electrons. The molecular weight excluding hydrogens is 521 g/mol. The van der Waals surface area contributed by atoms with Crippen LogP contribution < -0.4 is 10.5 Å². The summed E-state index contributed by atoms with van der Waals surface area (Å²) in [6.07, 6.45) is -7.61. The van der Waals surface area contributed by atoms with Gasteiger partial charge in [0.1, 0.15) is 36.3 Å². The van der Waals surface area contributed by atoms with Gasteiger partial charge in [-0.1, -0.05) is 17.7 Å². The van der Waals surface area contributed by atoms with Crippen molar-refractivity contribution in [2.75, 3.05) is 11.9 Å². The van der Waals surface area contributed by atoms with Crippen LogP contribution in [-0.2, 0) is 31.9 Å². The van der Waals surface area contributed by atoms with Gasteiger partial charge in [0, 0.05) is 12.1 Å². The smallest absolute Gasteiger partial charge is 0.417 e. The van der Waals surface area contributed by atoms with E-state index in [4.69, 9.17) is 25.9 Å². The predicted molar refractivity (Wildman–Crippen MR) is 114 cm³/mol. The van der Waals surface area contributed by atoms with E-state index < -0.39 is 58.1 Å². The summed E-state index contributed by atoms with van der Waals surface area (Å²) in [6, 6.07) is 3.47. The van der Waals surface area contributed by atoms with Crippen molar-refractivity contribution in [1.29, 1.82) is 0 Å². The van der Waals surface area contributed by atoms with Gasteiger partial charge in [-0.05, 0) is 17.7 Å². The third-order valence-electron chi connectivity index (χ3n) is 5.24. The predicted octanol–water partition coefficient (Wildman–Crippen LogP) is 1.89. The second-order valence-electron chi connectivity index (χ2n) is 7.61. The van der Waals surface area contributed by atoms with Crippen LogP contribution in [0.25, 0.3) is 11.1 Å². The van der Waals surface area contributed by atoms with Gasteiger partial charge in [-0.25, -0.2) is 15.1 Å². The maximum Gasteiger partial charge on any atom is 0.417 e. The average molecular weight is 539 g/mol. The van der Waals surface area contributed by atoms with Gasteiger partial charge in [-0.3, -0.25) is 4.18 Å². The lowest BCUT2D eigenvalue weighted by atomic mass is 10.0. The molecule has 11 nitrogen and oxygen atoms in total. The van der Waals surface area contributed by atoms with Crippen LogP contribution in [0.1, 0.15) is 22.8 Å². The van der Waals surface area contributed by atoms with Gasteiger partial charge < -0.3 is 24.7 Å². The number of anilines is 1. The Kier molecular flexibility index (Phi) is 6.93. The first kappa shape index (κ1) is 25.6. The van der Waals surface area contributed by atoms with Gasteiger partial charge in [0.05, 0.1) is 23.5 Å². The fourth-order valence-electron chi connectivity index (χ4n) is 3.59. The van der Waals surface area contributed by atoms with Crippen molar-refractivity contribution in [3.63, 3.8) is 0 Å². The van der Waals surface area contributed by atoms with Gasteiger partial charge in [0.15, 0.2) is 11.4 Å². The maximum atomic E-state index is 13.1. The number of halogens is 4. The second kappa shape index (κ2) is 9.50. The molecule has 3 heterocycles. The Bertz CT molecular complexity index is 1340. The number of nitrogens with zero attached hydrogens (tertiary/aromatic N) is 2.